The van der Waals surface area contributed by atoms with Gasteiger partial charge < -0.3 is 15.2 Å². The lowest BCUT2D eigenvalue weighted by Gasteiger charge is -2.16. The molecule has 2 N–H and O–H groups in total. The molecule has 4 heteroatoms. The third kappa shape index (κ3) is 3.14. The van der Waals surface area contributed by atoms with Crippen molar-refractivity contribution in [3.63, 3.8) is 0 Å². The lowest BCUT2D eigenvalue weighted by atomic mass is 9.99. The van der Waals surface area contributed by atoms with Crippen molar-refractivity contribution >= 4 is 11.3 Å². The third-order valence-corrected chi connectivity index (χ3v) is 4.04. The number of thiophene rings is 1. The molecule has 1 unspecified atom stereocenters. The molecular formula is C16H21NO2S. The van der Waals surface area contributed by atoms with Gasteiger partial charge in [0, 0.05) is 0 Å². The van der Waals surface area contributed by atoms with Crippen LogP contribution in [-0.2, 0) is 0 Å². The zero-order chi connectivity index (χ0) is 14.5. The van der Waals surface area contributed by atoms with E-state index in [0.29, 0.717) is 13.2 Å². The molecule has 0 aliphatic carbocycles. The molecule has 108 valence electrons. The number of hydrogen-bond donors (Lipinski definition) is 1. The molecule has 1 heterocycles. The van der Waals surface area contributed by atoms with E-state index >= 15 is 0 Å². The first kappa shape index (κ1) is 14.9. The fraction of sp³-hybridized carbons (Fsp3) is 0.375. The molecule has 0 spiro atoms. The maximum atomic E-state index is 6.36. The Morgan fingerprint density at radius 3 is 2.40 bits per heavy atom. The average Bonchev–Trinajstić information content (AvgIpc) is 2.86. The van der Waals surface area contributed by atoms with Crippen molar-refractivity contribution in [2.24, 2.45) is 5.73 Å². The number of nitrogens with two attached hydrogens (primary N) is 1. The van der Waals surface area contributed by atoms with Gasteiger partial charge in [0.05, 0.1) is 19.3 Å². The van der Waals surface area contributed by atoms with Crippen LogP contribution in [0.25, 0.3) is 0 Å². The fourth-order valence-electron chi connectivity index (χ4n) is 2.13. The predicted octanol–water partition coefficient (Wildman–Crippen LogP) is 3.90. The van der Waals surface area contributed by atoms with Gasteiger partial charge in [0.15, 0.2) is 11.5 Å². The van der Waals surface area contributed by atoms with Crippen molar-refractivity contribution in [2.75, 3.05) is 13.2 Å². The maximum Gasteiger partial charge on any atom is 0.161 e. The van der Waals surface area contributed by atoms with E-state index in [0.717, 1.165) is 17.1 Å². The molecule has 0 aliphatic rings. The molecule has 1 atom stereocenters. The smallest absolute Gasteiger partial charge is 0.161 e. The fourth-order valence-corrected chi connectivity index (χ4v) is 3.02. The van der Waals surface area contributed by atoms with E-state index in [-0.39, 0.29) is 6.04 Å². The molecule has 2 rings (SSSR count). The molecule has 0 aliphatic heterocycles. The van der Waals surface area contributed by atoms with E-state index in [9.17, 15) is 0 Å². The molecular weight excluding hydrogens is 270 g/mol. The Kier molecular flexibility index (Phi) is 5.04. The van der Waals surface area contributed by atoms with Crippen LogP contribution in [0.2, 0.25) is 0 Å². The van der Waals surface area contributed by atoms with Gasteiger partial charge in [-0.25, -0.2) is 0 Å². The van der Waals surface area contributed by atoms with Crippen molar-refractivity contribution < 1.29 is 9.47 Å². The average molecular weight is 291 g/mol. The Hall–Kier alpha value is -1.52. The van der Waals surface area contributed by atoms with Gasteiger partial charge in [-0.15, -0.1) is 0 Å². The normalized spacial score (nSPS) is 12.2. The van der Waals surface area contributed by atoms with Crippen LogP contribution >= 0.6 is 11.3 Å². The summed E-state index contributed by atoms with van der Waals surface area (Å²) in [5.74, 6) is 1.53. The van der Waals surface area contributed by atoms with Gasteiger partial charge >= 0.3 is 0 Å². The highest BCUT2D eigenvalue weighted by Gasteiger charge is 2.15. The van der Waals surface area contributed by atoms with Gasteiger partial charge in [0.1, 0.15) is 0 Å². The van der Waals surface area contributed by atoms with Crippen molar-refractivity contribution in [2.45, 2.75) is 26.8 Å². The van der Waals surface area contributed by atoms with Gasteiger partial charge in [0.25, 0.3) is 0 Å². The minimum atomic E-state index is -0.129. The van der Waals surface area contributed by atoms with E-state index in [1.807, 2.05) is 32.0 Å². The van der Waals surface area contributed by atoms with Gasteiger partial charge in [-0.3, -0.25) is 0 Å². The summed E-state index contributed by atoms with van der Waals surface area (Å²) in [6.07, 6.45) is 0. The molecule has 1 aromatic heterocycles. The van der Waals surface area contributed by atoms with E-state index < -0.39 is 0 Å². The van der Waals surface area contributed by atoms with E-state index in [2.05, 4.69) is 17.7 Å². The summed E-state index contributed by atoms with van der Waals surface area (Å²) in [6.45, 7) is 7.24. The molecule has 0 saturated heterocycles. The topological polar surface area (TPSA) is 44.5 Å². The number of rotatable bonds is 6. The highest BCUT2D eigenvalue weighted by Crippen LogP contribution is 2.33. The number of ether oxygens (including phenoxy) is 2. The Balaban J connectivity index is 2.32. The Labute approximate surface area is 124 Å². The van der Waals surface area contributed by atoms with Crippen LogP contribution in [0.1, 0.15) is 36.6 Å². The molecule has 20 heavy (non-hydrogen) atoms. The van der Waals surface area contributed by atoms with E-state index in [1.54, 1.807) is 11.3 Å². The second kappa shape index (κ2) is 6.77. The molecule has 2 aromatic rings. The molecule has 0 fully saturated rings. The van der Waals surface area contributed by atoms with Crippen molar-refractivity contribution in [3.8, 4) is 11.5 Å². The molecule has 3 nitrogen and oxygen atoms in total. The predicted molar refractivity (Wildman–Crippen MR) is 83.9 cm³/mol. The summed E-state index contributed by atoms with van der Waals surface area (Å²) in [5.41, 5.74) is 9.80. The number of benzene rings is 1. The summed E-state index contributed by atoms with van der Waals surface area (Å²) in [5, 5.41) is 4.23. The summed E-state index contributed by atoms with van der Waals surface area (Å²) >= 11 is 1.68. The van der Waals surface area contributed by atoms with Crippen molar-refractivity contribution in [1.29, 1.82) is 0 Å². The van der Waals surface area contributed by atoms with Crippen LogP contribution in [0.3, 0.4) is 0 Å². The van der Waals surface area contributed by atoms with Crippen LogP contribution in [0.4, 0.5) is 0 Å². The Morgan fingerprint density at radius 2 is 1.80 bits per heavy atom. The standard InChI is InChI=1S/C16H21NO2S/c1-4-18-14-7-6-12(8-15(14)19-5-2)16(17)13-10-20-9-11(13)3/h6-10,16H,4-5,17H2,1-3H3. The molecule has 1 aromatic carbocycles. The minimum Gasteiger partial charge on any atom is -0.490 e. The quantitative estimate of drug-likeness (QED) is 0.878. The highest BCUT2D eigenvalue weighted by atomic mass is 32.1. The van der Waals surface area contributed by atoms with Crippen LogP contribution in [0.15, 0.2) is 29.0 Å². The Morgan fingerprint density at radius 1 is 1.10 bits per heavy atom. The van der Waals surface area contributed by atoms with Gasteiger partial charge in [0.2, 0.25) is 0 Å². The van der Waals surface area contributed by atoms with Crippen LogP contribution in [-0.4, -0.2) is 13.2 Å². The first-order chi connectivity index (χ1) is 9.67. The molecule has 0 radical (unpaired) electrons. The highest BCUT2D eigenvalue weighted by molar-refractivity contribution is 7.08. The molecule has 0 amide bonds. The van der Waals surface area contributed by atoms with Gasteiger partial charge in [-0.1, -0.05) is 6.07 Å². The van der Waals surface area contributed by atoms with Crippen LogP contribution in [0, 0.1) is 6.92 Å². The minimum absolute atomic E-state index is 0.129. The van der Waals surface area contributed by atoms with E-state index in [1.165, 1.54) is 11.1 Å². The summed E-state index contributed by atoms with van der Waals surface area (Å²) in [7, 11) is 0. The van der Waals surface area contributed by atoms with E-state index in [4.69, 9.17) is 15.2 Å². The third-order valence-electron chi connectivity index (χ3n) is 3.16. The lowest BCUT2D eigenvalue weighted by Crippen LogP contribution is -2.12. The summed E-state index contributed by atoms with van der Waals surface area (Å²) < 4.78 is 11.2. The molecule has 0 bridgehead atoms. The monoisotopic (exact) mass is 291 g/mol. The zero-order valence-electron chi connectivity index (χ0n) is 12.2. The van der Waals surface area contributed by atoms with Crippen LogP contribution < -0.4 is 15.2 Å². The first-order valence-electron chi connectivity index (χ1n) is 6.85. The lowest BCUT2D eigenvalue weighted by molar-refractivity contribution is 0.287. The Bertz CT molecular complexity index is 565. The number of hydrogen-bond acceptors (Lipinski definition) is 4. The second-order valence-corrected chi connectivity index (χ2v) is 5.30. The van der Waals surface area contributed by atoms with Crippen molar-refractivity contribution in [3.05, 3.63) is 45.6 Å². The second-order valence-electron chi connectivity index (χ2n) is 4.56. The first-order valence-corrected chi connectivity index (χ1v) is 7.79. The summed E-state index contributed by atoms with van der Waals surface area (Å²) in [6, 6.07) is 5.80. The van der Waals surface area contributed by atoms with Gasteiger partial charge in [-0.2, -0.15) is 11.3 Å². The molecule has 0 saturated carbocycles. The number of aryl methyl sites for hydroxylation is 1. The van der Waals surface area contributed by atoms with Gasteiger partial charge in [-0.05, 0) is 60.4 Å². The van der Waals surface area contributed by atoms with Crippen molar-refractivity contribution in [1.82, 2.24) is 0 Å². The largest absolute Gasteiger partial charge is 0.490 e. The summed E-state index contributed by atoms with van der Waals surface area (Å²) in [4.78, 5) is 0. The SMILES string of the molecule is CCOc1ccc(C(N)c2cscc2C)cc1OCC. The van der Waals surface area contributed by atoms with Crippen LogP contribution in [0.5, 0.6) is 11.5 Å². The maximum absolute atomic E-state index is 6.36. The zero-order valence-corrected chi connectivity index (χ0v) is 13.0.